The Labute approximate surface area is 448 Å². The van der Waals surface area contributed by atoms with E-state index >= 15 is 0 Å². The third kappa shape index (κ3) is 9.85. The second-order valence-corrected chi connectivity index (χ2v) is 24.0. The first-order chi connectivity index (χ1) is 36.6. The molecule has 2 aromatic heterocycles. The maximum absolute atomic E-state index is 14.6. The number of rotatable bonds is 10. The third-order valence-electron chi connectivity index (χ3n) is 17.9. The first kappa shape index (κ1) is 51.4. The van der Waals surface area contributed by atoms with Gasteiger partial charge in [-0.1, -0.05) is 102 Å². The van der Waals surface area contributed by atoms with Crippen LogP contribution in [-0.2, 0) is 35.3 Å². The fourth-order valence-electron chi connectivity index (χ4n) is 13.7. The van der Waals surface area contributed by atoms with Crippen LogP contribution < -0.4 is 10.6 Å². The maximum atomic E-state index is 14.6. The van der Waals surface area contributed by atoms with E-state index < -0.39 is 12.1 Å². The van der Waals surface area contributed by atoms with Crippen LogP contribution in [0.4, 0.5) is 9.59 Å². The molecule has 4 fully saturated rings. The van der Waals surface area contributed by atoms with Gasteiger partial charge >= 0.3 is 12.1 Å². The van der Waals surface area contributed by atoms with Gasteiger partial charge in [0.1, 0.15) is 23.7 Å². The minimum absolute atomic E-state index is 0.0147. The molecule has 2 saturated heterocycles. The van der Waals surface area contributed by atoms with Gasteiger partial charge in [0.15, 0.2) is 0 Å². The summed E-state index contributed by atoms with van der Waals surface area (Å²) in [4.78, 5) is 80.1. The zero-order valence-corrected chi connectivity index (χ0v) is 45.9. The van der Waals surface area contributed by atoms with Crippen molar-refractivity contribution in [2.75, 3.05) is 28.2 Å². The van der Waals surface area contributed by atoms with Gasteiger partial charge in [-0.2, -0.15) is 0 Å². The van der Waals surface area contributed by atoms with Crippen molar-refractivity contribution in [3.8, 4) is 22.3 Å². The van der Waals surface area contributed by atoms with Crippen molar-refractivity contribution in [2.45, 2.75) is 154 Å². The number of fused-ring (bicyclic) bond motifs is 4. The molecule has 14 rings (SSSR count). The standard InChI is InChI=1S/C62H78N10O4/c1-35(2)55(67-61(75)69(5)6)59(73)71-51-15-11-9-13-43(51)33-53(71)57-63-47-27-25-41(31-49(47)65-57)45-29-37-17-21-39(45)23-19-38-18-22-40(24-20-37)46(30-38)42-26-28-48-50(32-42)66-58(64-48)54-34-44-14-10-12-16-52(44)72(54)60(74)56(36(3)4)68-62(76)70(7)8/h17-18,21-22,25-32,35-36,43-44,51-56H,9-16,19-20,23-24,33-34H2,1-8H3,(H,63,65)(H,64,66)(H,67,75)(H,68,76)/t43-,44-,51-,52-,53-,54-,55-,56-/m0/s1. The number of hydrogen-bond acceptors (Lipinski definition) is 6. The number of aromatic amines is 2. The number of imidazole rings is 2. The van der Waals surface area contributed by atoms with E-state index in [9.17, 15) is 19.2 Å². The molecule has 4 heterocycles. The van der Waals surface area contributed by atoms with Gasteiger partial charge in [0.2, 0.25) is 11.8 Å². The highest BCUT2D eigenvalue weighted by molar-refractivity contribution is 5.90. The van der Waals surface area contributed by atoms with E-state index in [1.165, 1.54) is 56.0 Å². The lowest BCUT2D eigenvalue weighted by molar-refractivity contribution is -0.139. The maximum Gasteiger partial charge on any atom is 0.317 e. The van der Waals surface area contributed by atoms with Gasteiger partial charge in [-0.3, -0.25) is 9.59 Å². The minimum atomic E-state index is -0.626. The van der Waals surface area contributed by atoms with Crippen LogP contribution >= 0.6 is 0 Å². The molecule has 0 spiro atoms. The number of H-pyrrole nitrogens is 2. The summed E-state index contributed by atoms with van der Waals surface area (Å²) in [7, 11) is 6.83. The lowest BCUT2D eigenvalue weighted by Gasteiger charge is -2.37. The second kappa shape index (κ2) is 21.0. The van der Waals surface area contributed by atoms with Gasteiger partial charge in [0.05, 0.1) is 34.2 Å². The third-order valence-corrected chi connectivity index (χ3v) is 17.9. The summed E-state index contributed by atoms with van der Waals surface area (Å²) in [6.45, 7) is 8.03. The predicted octanol–water partition coefficient (Wildman–Crippen LogP) is 10.9. The lowest BCUT2D eigenvalue weighted by Crippen LogP contribution is -2.55. The van der Waals surface area contributed by atoms with Crippen LogP contribution in [0.5, 0.6) is 0 Å². The molecule has 8 atom stereocenters. The molecular formula is C62H78N10O4. The van der Waals surface area contributed by atoms with Gasteiger partial charge in [0.25, 0.3) is 0 Å². The Bertz CT molecular complexity index is 2960. The fourth-order valence-corrected chi connectivity index (χ4v) is 13.7. The molecule has 14 nitrogen and oxygen atoms in total. The van der Waals surface area contributed by atoms with Crippen LogP contribution in [0.15, 0.2) is 72.8 Å². The van der Waals surface area contributed by atoms with Gasteiger partial charge < -0.3 is 40.2 Å². The molecule has 76 heavy (non-hydrogen) atoms. The van der Waals surface area contributed by atoms with Crippen LogP contribution in [0.3, 0.4) is 0 Å². The average molecular weight is 1030 g/mol. The normalized spacial score (nSPS) is 23.1. The number of benzene rings is 4. The number of carbonyl (C=O) groups is 4. The van der Waals surface area contributed by atoms with Crippen molar-refractivity contribution in [3.63, 3.8) is 0 Å². The number of aryl methyl sites for hydroxylation is 4. The van der Waals surface area contributed by atoms with Crippen LogP contribution in [0.2, 0.25) is 0 Å². The summed E-state index contributed by atoms with van der Waals surface area (Å²) in [6.07, 6.45) is 14.0. The summed E-state index contributed by atoms with van der Waals surface area (Å²) in [5, 5.41) is 6.08. The van der Waals surface area contributed by atoms with E-state index in [0.29, 0.717) is 11.8 Å². The van der Waals surface area contributed by atoms with Gasteiger partial charge in [-0.15, -0.1) is 0 Å². The highest BCUT2D eigenvalue weighted by Gasteiger charge is 2.50. The summed E-state index contributed by atoms with van der Waals surface area (Å²) in [6, 6.07) is 25.3. The molecule has 6 amide bonds. The SMILES string of the molecule is CC(C)[C@H](NC(=O)N(C)C)C(=O)N1[C@H](c2nc3ccc(-c4cc5ccc4CCc4ccc(c(-c6ccc7nc([C@@H]8C[C@@H]9CCCC[C@@H]9N8C(=O)[C@@H](NC(=O)N(C)C)C(C)C)[nH]c7c6)c4)CC5)cc3[nH]2)C[C@@H]2CCCC[C@@H]21. The van der Waals surface area contributed by atoms with Crippen molar-refractivity contribution in [3.05, 3.63) is 107 Å². The van der Waals surface area contributed by atoms with Gasteiger partial charge in [0, 0.05) is 40.3 Å². The van der Waals surface area contributed by atoms with Crippen molar-refractivity contribution in [1.82, 2.24) is 50.2 Å². The van der Waals surface area contributed by atoms with Crippen molar-refractivity contribution in [1.29, 1.82) is 0 Å². The Hall–Kier alpha value is -6.70. The number of urea groups is 2. The highest BCUT2D eigenvalue weighted by Crippen LogP contribution is 2.48. The van der Waals surface area contributed by atoms with Crippen molar-refractivity contribution in [2.24, 2.45) is 23.7 Å². The summed E-state index contributed by atoms with van der Waals surface area (Å²) in [5.74, 6) is 2.31. The molecule has 6 aliphatic carbocycles. The Balaban J connectivity index is 0.846. The quantitative estimate of drug-likeness (QED) is 0.107. The van der Waals surface area contributed by atoms with Gasteiger partial charge in [-0.05, 0) is 157 Å². The number of likely N-dealkylation sites (tertiary alicyclic amines) is 2. The van der Waals surface area contributed by atoms with Gasteiger partial charge in [-0.25, -0.2) is 19.6 Å². The number of hydrogen-bond donors (Lipinski definition) is 4. The molecule has 400 valence electrons. The molecular weight excluding hydrogens is 949 g/mol. The van der Waals surface area contributed by atoms with E-state index in [1.807, 2.05) is 27.7 Å². The topological polar surface area (TPSA) is 163 Å². The van der Waals surface area contributed by atoms with Crippen LogP contribution in [0, 0.1) is 23.7 Å². The predicted molar refractivity (Wildman–Crippen MR) is 299 cm³/mol. The number of nitrogens with zero attached hydrogens (tertiary/aromatic N) is 6. The van der Waals surface area contributed by atoms with Crippen LogP contribution in [0.25, 0.3) is 44.3 Å². The van der Waals surface area contributed by atoms with Crippen molar-refractivity contribution >= 4 is 45.9 Å². The average Bonchev–Trinajstić information content (AvgIpc) is 4.26. The molecule has 0 radical (unpaired) electrons. The van der Waals surface area contributed by atoms with Crippen molar-refractivity contribution < 1.29 is 19.2 Å². The monoisotopic (exact) mass is 1030 g/mol. The number of amides is 6. The minimum Gasteiger partial charge on any atom is -0.340 e. The zero-order chi connectivity index (χ0) is 53.1. The Kier molecular flexibility index (Phi) is 14.2. The Morgan fingerprint density at radius 1 is 0.539 bits per heavy atom. The molecule has 0 unspecified atom stereocenters. The zero-order valence-electron chi connectivity index (χ0n) is 45.9. The van der Waals surface area contributed by atoms with E-state index in [2.05, 4.69) is 103 Å². The lowest BCUT2D eigenvalue weighted by atomic mass is 9.84. The Morgan fingerprint density at radius 2 is 0.947 bits per heavy atom. The number of nitrogens with one attached hydrogen (secondary N) is 4. The molecule has 4 aromatic carbocycles. The Morgan fingerprint density at radius 3 is 1.34 bits per heavy atom. The molecule has 2 saturated carbocycles. The summed E-state index contributed by atoms with van der Waals surface area (Å²) >= 11 is 0. The molecule has 2 aliphatic heterocycles. The molecule has 8 aliphatic rings. The second-order valence-electron chi connectivity index (χ2n) is 24.0. The van der Waals surface area contributed by atoms with E-state index in [-0.39, 0.29) is 59.9 Å². The smallest absolute Gasteiger partial charge is 0.317 e. The van der Waals surface area contributed by atoms with E-state index in [0.717, 1.165) is 122 Å². The molecule has 4 bridgehead atoms. The molecule has 6 aromatic rings. The summed E-state index contributed by atoms with van der Waals surface area (Å²) in [5.41, 5.74) is 13.7. The van der Waals surface area contributed by atoms with E-state index in [1.54, 1.807) is 28.2 Å². The first-order valence-electron chi connectivity index (χ1n) is 28.4. The molecule has 14 heteroatoms. The van der Waals surface area contributed by atoms with Crippen LogP contribution in [-0.4, -0.2) is 116 Å². The van der Waals surface area contributed by atoms with E-state index in [4.69, 9.17) is 9.97 Å². The van der Waals surface area contributed by atoms with Crippen LogP contribution in [0.1, 0.15) is 138 Å². The summed E-state index contributed by atoms with van der Waals surface area (Å²) < 4.78 is 0. The molecule has 4 N–H and O–H groups in total. The fraction of sp³-hybridized carbons (Fsp3) is 0.516. The largest absolute Gasteiger partial charge is 0.340 e. The highest BCUT2D eigenvalue weighted by atomic mass is 16.2. The number of aromatic nitrogens is 4. The number of carbonyl (C=O) groups excluding carboxylic acids is 4. The first-order valence-corrected chi connectivity index (χ1v) is 28.4.